The fourth-order valence-electron chi connectivity index (χ4n) is 3.53. The first-order chi connectivity index (χ1) is 14.6. The molecule has 32 heavy (non-hydrogen) atoms. The molecule has 0 saturated carbocycles. The number of rotatable bonds is 4. The number of imidazole rings is 1. The molecule has 1 atom stereocenters. The second-order valence-electron chi connectivity index (χ2n) is 8.40. The van der Waals surface area contributed by atoms with Crippen LogP contribution >= 0.6 is 0 Å². The first-order valence-electron chi connectivity index (χ1n) is 9.63. The highest BCUT2D eigenvalue weighted by Crippen LogP contribution is 2.43. The molecule has 0 saturated heterocycles. The molecule has 0 spiro atoms. The molecule has 1 heterocycles. The van der Waals surface area contributed by atoms with E-state index in [4.69, 9.17) is 0 Å². The van der Waals surface area contributed by atoms with Gasteiger partial charge in [0.15, 0.2) is 4.90 Å². The summed E-state index contributed by atoms with van der Waals surface area (Å²) in [6.45, 7) is 7.47. The third kappa shape index (κ3) is 4.08. The van der Waals surface area contributed by atoms with Crippen LogP contribution in [0.25, 0.3) is 22.4 Å². The maximum atomic E-state index is 12.9. The number of hydrogen-bond acceptors (Lipinski definition) is 5. The van der Waals surface area contributed by atoms with E-state index in [1.807, 2.05) is 27.7 Å². The van der Waals surface area contributed by atoms with Crippen LogP contribution < -0.4 is 0 Å². The molecule has 0 aliphatic heterocycles. The van der Waals surface area contributed by atoms with E-state index in [1.54, 1.807) is 6.07 Å². The van der Waals surface area contributed by atoms with Crippen LogP contribution in [0.2, 0.25) is 0 Å². The Morgan fingerprint density at radius 1 is 1.19 bits per heavy atom. The molecular weight excluding hydrogens is 465 g/mol. The Hall–Kier alpha value is -2.24. The molecule has 0 radical (unpaired) electrons. The van der Waals surface area contributed by atoms with Crippen molar-refractivity contribution in [1.82, 2.24) is 9.97 Å². The molecule has 0 amide bonds. The fourth-order valence-corrected chi connectivity index (χ4v) is 5.18. The molecule has 0 aliphatic rings. The highest BCUT2D eigenvalue weighted by molar-refractivity contribution is 7.92. The van der Waals surface area contributed by atoms with E-state index in [2.05, 4.69) is 9.97 Å². The van der Waals surface area contributed by atoms with Gasteiger partial charge in [0.05, 0.1) is 21.5 Å². The largest absolute Gasteiger partial charge is 0.612 e. The summed E-state index contributed by atoms with van der Waals surface area (Å²) in [6, 6.07) is 4.59. The molecule has 174 valence electrons. The zero-order valence-electron chi connectivity index (χ0n) is 18.1. The topological polar surface area (TPSA) is 106 Å². The lowest BCUT2D eigenvalue weighted by molar-refractivity contribution is -0.0435. The van der Waals surface area contributed by atoms with Crippen LogP contribution in [0.5, 0.6) is 5.75 Å². The number of phenolic OH excluding ortho intramolecular Hbond substituents is 1. The van der Waals surface area contributed by atoms with Crippen LogP contribution in [-0.4, -0.2) is 39.8 Å². The first kappa shape index (κ1) is 24.4. The van der Waals surface area contributed by atoms with Crippen molar-refractivity contribution in [2.75, 3.05) is 6.26 Å². The van der Waals surface area contributed by atoms with E-state index in [0.29, 0.717) is 33.5 Å². The molecule has 6 nitrogen and oxygen atoms in total. The number of alkyl halides is 3. The van der Waals surface area contributed by atoms with E-state index >= 15 is 0 Å². The van der Waals surface area contributed by atoms with Gasteiger partial charge in [-0.3, -0.25) is 0 Å². The van der Waals surface area contributed by atoms with Crippen LogP contribution in [0.1, 0.15) is 38.8 Å². The van der Waals surface area contributed by atoms with Crippen LogP contribution in [-0.2, 0) is 32.8 Å². The van der Waals surface area contributed by atoms with Crippen molar-refractivity contribution in [3.63, 3.8) is 0 Å². The van der Waals surface area contributed by atoms with E-state index in [0.717, 1.165) is 12.1 Å². The minimum Gasteiger partial charge on any atom is -0.612 e. The summed E-state index contributed by atoms with van der Waals surface area (Å²) in [6.07, 6.45) is 1.93. The maximum Gasteiger partial charge on any atom is 0.501 e. The molecule has 11 heteroatoms. The summed E-state index contributed by atoms with van der Waals surface area (Å²) in [5.74, 6) is 0.0689. The van der Waals surface area contributed by atoms with Crippen molar-refractivity contribution in [3.8, 4) is 17.1 Å². The average Bonchev–Trinajstić information content (AvgIpc) is 3.07. The van der Waals surface area contributed by atoms with Crippen molar-refractivity contribution in [3.05, 3.63) is 35.4 Å². The maximum absolute atomic E-state index is 12.9. The fraction of sp³-hybridized carbons (Fsp3) is 0.381. The second-order valence-corrected chi connectivity index (χ2v) is 11.7. The minimum atomic E-state index is -5.53. The molecule has 3 aromatic rings. The first-order valence-corrected chi connectivity index (χ1v) is 12.7. The Morgan fingerprint density at radius 3 is 2.31 bits per heavy atom. The Balaban J connectivity index is 2.32. The van der Waals surface area contributed by atoms with Gasteiger partial charge in [0.1, 0.15) is 17.8 Å². The summed E-state index contributed by atoms with van der Waals surface area (Å²) >= 11 is -1.38. The lowest BCUT2D eigenvalue weighted by Crippen LogP contribution is -2.23. The van der Waals surface area contributed by atoms with Gasteiger partial charge in [0.25, 0.3) is 9.84 Å². The van der Waals surface area contributed by atoms with E-state index in [9.17, 15) is 31.2 Å². The highest BCUT2D eigenvalue weighted by atomic mass is 32.2. The number of benzene rings is 2. The average molecular weight is 489 g/mol. The van der Waals surface area contributed by atoms with Gasteiger partial charge < -0.3 is 14.6 Å². The molecule has 0 fully saturated rings. The lowest BCUT2D eigenvalue weighted by Gasteiger charge is -2.25. The summed E-state index contributed by atoms with van der Waals surface area (Å²) in [7, 11) is -5.53. The monoisotopic (exact) mass is 488 g/mol. The third-order valence-corrected chi connectivity index (χ3v) is 7.61. The standard InChI is InChI=1S/C21H23F3N2O4S2/c1-6-12-16(31(5)28)10-13(20(2,3)4)18(27)17(12)19-25-14-8-7-11(9-15(14)26-19)32(29,30)21(22,23)24/h7-10,27H,6H2,1-5H3,(H,25,26). The number of aromatic amines is 1. The SMILES string of the molecule is CCc1c([S+](C)[O-])cc(C(C)(C)C)c(O)c1-c1nc2cc(S(=O)(=O)C(F)(F)F)ccc2[nH]1. The van der Waals surface area contributed by atoms with Gasteiger partial charge in [0, 0.05) is 17.2 Å². The van der Waals surface area contributed by atoms with Gasteiger partial charge in [-0.1, -0.05) is 27.7 Å². The zero-order chi connectivity index (χ0) is 24.2. The Morgan fingerprint density at radius 2 is 1.81 bits per heavy atom. The molecular formula is C21H23F3N2O4S2. The van der Waals surface area contributed by atoms with Crippen LogP contribution in [0.3, 0.4) is 0 Å². The molecule has 3 rings (SSSR count). The van der Waals surface area contributed by atoms with Gasteiger partial charge >= 0.3 is 5.51 Å². The van der Waals surface area contributed by atoms with Crippen molar-refractivity contribution >= 4 is 32.0 Å². The lowest BCUT2D eigenvalue weighted by atomic mass is 9.83. The van der Waals surface area contributed by atoms with Gasteiger partial charge in [-0.25, -0.2) is 13.4 Å². The van der Waals surface area contributed by atoms with E-state index < -0.39 is 36.8 Å². The van der Waals surface area contributed by atoms with Gasteiger partial charge in [0.2, 0.25) is 0 Å². The number of aromatic hydroxyl groups is 1. The number of aromatic nitrogens is 2. The van der Waals surface area contributed by atoms with Crippen molar-refractivity contribution in [1.29, 1.82) is 0 Å². The zero-order valence-corrected chi connectivity index (χ0v) is 19.7. The number of fused-ring (bicyclic) bond motifs is 1. The molecule has 1 aromatic heterocycles. The number of halogens is 3. The molecule has 2 aromatic carbocycles. The summed E-state index contributed by atoms with van der Waals surface area (Å²) in [5.41, 5.74) is -4.24. The van der Waals surface area contributed by atoms with Crippen molar-refractivity contribution in [2.45, 2.75) is 54.8 Å². The number of nitrogens with zero attached hydrogens (tertiary/aromatic N) is 1. The van der Waals surface area contributed by atoms with Gasteiger partial charge in [-0.05, 0) is 41.2 Å². The number of H-pyrrole nitrogens is 1. The third-order valence-electron chi connectivity index (χ3n) is 5.14. The quantitative estimate of drug-likeness (QED) is 0.512. The number of nitrogens with one attached hydrogen (secondary N) is 1. The highest BCUT2D eigenvalue weighted by Gasteiger charge is 2.47. The number of sulfone groups is 1. The van der Waals surface area contributed by atoms with Crippen molar-refractivity contribution in [2.24, 2.45) is 0 Å². The summed E-state index contributed by atoms with van der Waals surface area (Å²) < 4.78 is 74.8. The normalized spacial score (nSPS) is 14.2. The van der Waals surface area contributed by atoms with Crippen molar-refractivity contribution < 1.29 is 31.2 Å². The molecule has 1 unspecified atom stereocenters. The molecule has 0 aliphatic carbocycles. The van der Waals surface area contributed by atoms with Gasteiger partial charge in [-0.2, -0.15) is 13.2 Å². The van der Waals surface area contributed by atoms with Crippen LogP contribution in [0.15, 0.2) is 34.1 Å². The van der Waals surface area contributed by atoms with Crippen LogP contribution in [0.4, 0.5) is 13.2 Å². The number of hydrogen-bond donors (Lipinski definition) is 2. The second kappa shape index (κ2) is 7.96. The minimum absolute atomic E-state index is 0.00730. The Kier molecular flexibility index (Phi) is 6.07. The predicted octanol–water partition coefficient (Wildman–Crippen LogP) is 4.83. The van der Waals surface area contributed by atoms with Gasteiger partial charge in [-0.15, -0.1) is 0 Å². The predicted molar refractivity (Wildman–Crippen MR) is 117 cm³/mol. The molecule has 0 bridgehead atoms. The Bertz CT molecular complexity index is 1290. The van der Waals surface area contributed by atoms with E-state index in [1.165, 1.54) is 12.3 Å². The summed E-state index contributed by atoms with van der Waals surface area (Å²) in [4.78, 5) is 6.83. The summed E-state index contributed by atoms with van der Waals surface area (Å²) in [5, 5.41) is 11.1. The number of phenols is 1. The smallest absolute Gasteiger partial charge is 0.501 e. The van der Waals surface area contributed by atoms with Crippen LogP contribution in [0, 0.1) is 0 Å². The molecule has 2 N–H and O–H groups in total. The van der Waals surface area contributed by atoms with E-state index in [-0.39, 0.29) is 17.1 Å². The Labute approximate surface area is 187 Å².